The average Bonchev–Trinajstić information content (AvgIpc) is 2.43. The van der Waals surface area contributed by atoms with Gasteiger partial charge >= 0.3 is 0 Å². The second-order valence-electron chi connectivity index (χ2n) is 4.30. The van der Waals surface area contributed by atoms with Crippen LogP contribution in [-0.2, 0) is 0 Å². The van der Waals surface area contributed by atoms with Crippen LogP contribution in [-0.4, -0.2) is 35.1 Å². The van der Waals surface area contributed by atoms with Crippen LogP contribution in [0.5, 0.6) is 5.75 Å². The minimum absolute atomic E-state index is 0.0207. The van der Waals surface area contributed by atoms with E-state index in [1.165, 1.54) is 25.6 Å². The molecule has 4 N–H and O–H groups in total. The summed E-state index contributed by atoms with van der Waals surface area (Å²) in [4.78, 5) is 16.0. The lowest BCUT2D eigenvalue weighted by Gasteiger charge is -2.21. The summed E-state index contributed by atoms with van der Waals surface area (Å²) >= 11 is 0. The molecule has 1 unspecified atom stereocenters. The quantitative estimate of drug-likeness (QED) is 0.313. The average molecular weight is 266 g/mol. The number of nitrogens with zero attached hydrogens (tertiary/aromatic N) is 2. The molecule has 1 aromatic heterocycles. The highest BCUT2D eigenvalue weighted by Crippen LogP contribution is 2.16. The van der Waals surface area contributed by atoms with Gasteiger partial charge in [-0.15, -0.1) is 0 Å². The van der Waals surface area contributed by atoms with Crippen molar-refractivity contribution in [2.24, 2.45) is 16.8 Å². The van der Waals surface area contributed by atoms with Gasteiger partial charge in [-0.05, 0) is 12.0 Å². The molecule has 0 aromatic carbocycles. The standard InChI is InChI=1S/C12H18N4O3/c1-7(2)10(11(13)16-18)15-12(17)8-4-5-14-6-9(8)19-3/h4-7,10,18H,1-3H3,(H2,13,16)(H,15,17). The maximum absolute atomic E-state index is 12.1. The van der Waals surface area contributed by atoms with Crippen molar-refractivity contribution < 1.29 is 14.7 Å². The van der Waals surface area contributed by atoms with Crippen molar-refractivity contribution in [3.05, 3.63) is 24.0 Å². The van der Waals surface area contributed by atoms with Crippen LogP contribution >= 0.6 is 0 Å². The van der Waals surface area contributed by atoms with E-state index in [1.54, 1.807) is 0 Å². The number of hydrogen-bond acceptors (Lipinski definition) is 5. The molecule has 1 atom stereocenters. The molecule has 19 heavy (non-hydrogen) atoms. The Morgan fingerprint density at radius 1 is 1.58 bits per heavy atom. The van der Waals surface area contributed by atoms with Gasteiger partial charge in [-0.2, -0.15) is 0 Å². The van der Waals surface area contributed by atoms with E-state index in [0.717, 1.165) is 0 Å². The Hall–Kier alpha value is -2.31. The van der Waals surface area contributed by atoms with E-state index >= 15 is 0 Å². The molecule has 0 bridgehead atoms. The molecule has 7 nitrogen and oxygen atoms in total. The number of hydrogen-bond donors (Lipinski definition) is 3. The normalized spacial score (nSPS) is 13.2. The minimum Gasteiger partial charge on any atom is -0.494 e. The van der Waals surface area contributed by atoms with E-state index in [1.807, 2.05) is 13.8 Å². The zero-order valence-electron chi connectivity index (χ0n) is 11.1. The van der Waals surface area contributed by atoms with Gasteiger partial charge in [0, 0.05) is 6.20 Å². The van der Waals surface area contributed by atoms with Gasteiger partial charge in [-0.3, -0.25) is 9.78 Å². The Labute approximate surface area is 111 Å². The summed E-state index contributed by atoms with van der Waals surface area (Å²) in [6, 6.07) is 0.980. The van der Waals surface area contributed by atoms with E-state index in [0.29, 0.717) is 11.3 Å². The van der Waals surface area contributed by atoms with Gasteiger partial charge in [0.25, 0.3) is 5.91 Å². The van der Waals surface area contributed by atoms with Crippen molar-refractivity contribution in [2.45, 2.75) is 19.9 Å². The number of methoxy groups -OCH3 is 1. The molecule has 1 rings (SSSR count). The van der Waals surface area contributed by atoms with Crippen LogP contribution in [0.4, 0.5) is 0 Å². The first-order valence-electron chi connectivity index (χ1n) is 5.77. The van der Waals surface area contributed by atoms with Gasteiger partial charge in [0.1, 0.15) is 5.75 Å². The zero-order chi connectivity index (χ0) is 14.4. The van der Waals surface area contributed by atoms with E-state index in [9.17, 15) is 4.79 Å². The summed E-state index contributed by atoms with van der Waals surface area (Å²) < 4.78 is 5.06. The van der Waals surface area contributed by atoms with E-state index in [-0.39, 0.29) is 17.7 Å². The summed E-state index contributed by atoms with van der Waals surface area (Å²) in [5, 5.41) is 14.3. The van der Waals surface area contributed by atoms with Crippen LogP contribution in [0.15, 0.2) is 23.6 Å². The van der Waals surface area contributed by atoms with Crippen molar-refractivity contribution in [3.8, 4) is 5.75 Å². The van der Waals surface area contributed by atoms with Gasteiger partial charge in [0.15, 0.2) is 5.84 Å². The highest BCUT2D eigenvalue weighted by molar-refractivity contribution is 6.00. The highest BCUT2D eigenvalue weighted by Gasteiger charge is 2.22. The fourth-order valence-electron chi connectivity index (χ4n) is 1.59. The third-order valence-electron chi connectivity index (χ3n) is 2.64. The van der Waals surface area contributed by atoms with Crippen molar-refractivity contribution in [3.63, 3.8) is 0 Å². The number of carbonyl (C=O) groups excluding carboxylic acids is 1. The lowest BCUT2D eigenvalue weighted by atomic mass is 10.0. The summed E-state index contributed by atoms with van der Waals surface area (Å²) in [5.74, 6) is -0.0735. The first-order chi connectivity index (χ1) is 9.01. The van der Waals surface area contributed by atoms with Crippen molar-refractivity contribution in [1.29, 1.82) is 0 Å². The predicted molar refractivity (Wildman–Crippen MR) is 70.3 cm³/mol. The van der Waals surface area contributed by atoms with Crippen LogP contribution in [0.2, 0.25) is 0 Å². The maximum Gasteiger partial charge on any atom is 0.255 e. The number of aromatic nitrogens is 1. The SMILES string of the molecule is COc1cnccc1C(=O)NC(/C(N)=N/O)C(C)C. The minimum atomic E-state index is -0.560. The first-order valence-corrected chi connectivity index (χ1v) is 5.77. The second kappa shape index (κ2) is 6.58. The Balaban J connectivity index is 2.94. The Bertz CT molecular complexity index is 474. The van der Waals surface area contributed by atoms with E-state index in [4.69, 9.17) is 15.7 Å². The predicted octanol–water partition coefficient (Wildman–Crippen LogP) is 0.591. The molecule has 0 aliphatic carbocycles. The van der Waals surface area contributed by atoms with Crippen molar-refractivity contribution >= 4 is 11.7 Å². The summed E-state index contributed by atoms with van der Waals surface area (Å²) in [7, 11) is 1.46. The third kappa shape index (κ3) is 3.57. The summed E-state index contributed by atoms with van der Waals surface area (Å²) in [5.41, 5.74) is 5.90. The molecule has 104 valence electrons. The number of ether oxygens (including phenoxy) is 1. The number of pyridine rings is 1. The monoisotopic (exact) mass is 266 g/mol. The van der Waals surface area contributed by atoms with Gasteiger partial charge < -0.3 is 21.0 Å². The molecule has 1 amide bonds. The number of nitrogens with one attached hydrogen (secondary N) is 1. The number of amidine groups is 1. The maximum atomic E-state index is 12.1. The molecular formula is C12H18N4O3. The van der Waals surface area contributed by atoms with Crippen LogP contribution in [0.1, 0.15) is 24.2 Å². The molecule has 0 radical (unpaired) electrons. The zero-order valence-corrected chi connectivity index (χ0v) is 11.1. The van der Waals surface area contributed by atoms with Gasteiger partial charge in [-0.1, -0.05) is 19.0 Å². The molecule has 0 aliphatic rings. The first kappa shape index (κ1) is 14.7. The summed E-state index contributed by atoms with van der Waals surface area (Å²) in [6.07, 6.45) is 2.94. The summed E-state index contributed by atoms with van der Waals surface area (Å²) in [6.45, 7) is 3.71. The second-order valence-corrected chi connectivity index (χ2v) is 4.30. The van der Waals surface area contributed by atoms with Crippen molar-refractivity contribution in [1.82, 2.24) is 10.3 Å². The molecule has 0 aliphatic heterocycles. The van der Waals surface area contributed by atoms with Crippen molar-refractivity contribution in [2.75, 3.05) is 7.11 Å². The molecule has 7 heteroatoms. The lowest BCUT2D eigenvalue weighted by molar-refractivity contribution is 0.0935. The molecule has 0 saturated carbocycles. The highest BCUT2D eigenvalue weighted by atomic mass is 16.5. The van der Waals surface area contributed by atoms with E-state index < -0.39 is 6.04 Å². The fraction of sp³-hybridized carbons (Fsp3) is 0.417. The molecule has 0 fully saturated rings. The number of rotatable bonds is 5. The molecular weight excluding hydrogens is 248 g/mol. The van der Waals surface area contributed by atoms with E-state index in [2.05, 4.69) is 15.5 Å². The Morgan fingerprint density at radius 3 is 2.79 bits per heavy atom. The molecule has 0 spiro atoms. The van der Waals surface area contributed by atoms with Crippen LogP contribution in [0, 0.1) is 5.92 Å². The molecule has 1 aromatic rings. The largest absolute Gasteiger partial charge is 0.494 e. The van der Waals surface area contributed by atoms with Gasteiger partial charge in [-0.25, -0.2) is 0 Å². The fourth-order valence-corrected chi connectivity index (χ4v) is 1.59. The molecule has 1 heterocycles. The van der Waals surface area contributed by atoms with Crippen LogP contribution in [0.25, 0.3) is 0 Å². The van der Waals surface area contributed by atoms with Gasteiger partial charge in [0.05, 0.1) is 24.9 Å². The Kier molecular flexibility index (Phi) is 5.11. The lowest BCUT2D eigenvalue weighted by Crippen LogP contribution is -2.47. The number of amides is 1. The third-order valence-corrected chi connectivity index (χ3v) is 2.64. The van der Waals surface area contributed by atoms with Crippen LogP contribution < -0.4 is 15.8 Å². The number of oxime groups is 1. The number of nitrogens with two attached hydrogens (primary N) is 1. The smallest absolute Gasteiger partial charge is 0.255 e. The topological polar surface area (TPSA) is 110 Å². The molecule has 0 saturated heterocycles. The Morgan fingerprint density at radius 2 is 2.26 bits per heavy atom. The number of carbonyl (C=O) groups is 1. The van der Waals surface area contributed by atoms with Crippen LogP contribution in [0.3, 0.4) is 0 Å². The van der Waals surface area contributed by atoms with Gasteiger partial charge in [0.2, 0.25) is 0 Å².